The van der Waals surface area contributed by atoms with Crippen LogP contribution in [-0.4, -0.2) is 54.5 Å². The molecule has 0 fully saturated rings. The van der Waals surface area contributed by atoms with Crippen LogP contribution in [0.2, 0.25) is 0 Å². The zero-order valence-corrected chi connectivity index (χ0v) is 28.5. The molecule has 0 aliphatic carbocycles. The number of benzene rings is 5. The van der Waals surface area contributed by atoms with Gasteiger partial charge in [-0.2, -0.15) is 13.2 Å². The summed E-state index contributed by atoms with van der Waals surface area (Å²) in [5.41, 5.74) is 1.80. The van der Waals surface area contributed by atoms with E-state index in [0.29, 0.717) is 16.9 Å². The van der Waals surface area contributed by atoms with Gasteiger partial charge >= 0.3 is 18.1 Å². The summed E-state index contributed by atoms with van der Waals surface area (Å²) in [4.78, 5) is 51.5. The molecule has 0 spiro atoms. The summed E-state index contributed by atoms with van der Waals surface area (Å²) in [6.45, 7) is -0.712. The Morgan fingerprint density at radius 3 is 1.96 bits per heavy atom. The number of aliphatic carboxylic acids is 1. The molecule has 2 amide bonds. The second-order valence-electron chi connectivity index (χ2n) is 11.7. The molecule has 0 aliphatic heterocycles. The highest BCUT2D eigenvalue weighted by Gasteiger charge is 2.34. The number of carboxylic acids is 1. The Kier molecular flexibility index (Phi) is 11.8. The molecule has 53 heavy (non-hydrogen) atoms. The van der Waals surface area contributed by atoms with Crippen LogP contribution in [0.4, 0.5) is 18.9 Å². The van der Waals surface area contributed by atoms with Crippen molar-refractivity contribution in [1.82, 2.24) is 4.90 Å². The highest BCUT2D eigenvalue weighted by molar-refractivity contribution is 5.97. The number of amides is 2. The predicted molar refractivity (Wildman–Crippen MR) is 189 cm³/mol. The maximum Gasteiger partial charge on any atom is 0.416 e. The van der Waals surface area contributed by atoms with Crippen molar-refractivity contribution in [3.63, 3.8) is 0 Å². The maximum absolute atomic E-state index is 13.6. The van der Waals surface area contributed by atoms with Gasteiger partial charge in [-0.05, 0) is 95.1 Å². The van der Waals surface area contributed by atoms with E-state index in [2.05, 4.69) is 5.32 Å². The van der Waals surface area contributed by atoms with E-state index in [9.17, 15) is 37.5 Å². The number of methoxy groups -OCH3 is 2. The Labute approximate surface area is 302 Å². The first-order chi connectivity index (χ1) is 25.3. The molecular weight excluding hydrogens is 693 g/mol. The van der Waals surface area contributed by atoms with E-state index in [0.717, 1.165) is 22.1 Å². The van der Waals surface area contributed by atoms with E-state index in [1.165, 1.54) is 55.6 Å². The Balaban J connectivity index is 1.19. The normalized spacial score (nSPS) is 11.0. The summed E-state index contributed by atoms with van der Waals surface area (Å²) in [6, 6.07) is 29.5. The number of hydrogen-bond donors (Lipinski definition) is 2. The smallest absolute Gasteiger partial charge is 0.416 e. The lowest BCUT2D eigenvalue weighted by molar-refractivity contribution is -0.139. The van der Waals surface area contributed by atoms with Crippen LogP contribution in [0.5, 0.6) is 17.2 Å². The molecule has 2 N–H and O–H groups in total. The van der Waals surface area contributed by atoms with E-state index in [4.69, 9.17) is 14.2 Å². The van der Waals surface area contributed by atoms with Crippen molar-refractivity contribution in [2.24, 2.45) is 0 Å². The van der Waals surface area contributed by atoms with Gasteiger partial charge in [-0.3, -0.25) is 14.4 Å². The van der Waals surface area contributed by atoms with Crippen LogP contribution in [0.15, 0.2) is 115 Å². The van der Waals surface area contributed by atoms with Crippen molar-refractivity contribution < 1.29 is 51.7 Å². The van der Waals surface area contributed by atoms with Crippen molar-refractivity contribution >= 4 is 29.4 Å². The molecule has 0 unspecified atom stereocenters. The fraction of sp³-hybridized carbons (Fsp3) is 0.150. The van der Waals surface area contributed by atoms with E-state index in [1.54, 1.807) is 43.5 Å². The van der Waals surface area contributed by atoms with E-state index >= 15 is 0 Å². The van der Waals surface area contributed by atoms with Gasteiger partial charge in [-0.1, -0.05) is 42.5 Å². The van der Waals surface area contributed by atoms with Crippen molar-refractivity contribution in [3.8, 4) is 28.4 Å². The van der Waals surface area contributed by atoms with Gasteiger partial charge in [0.15, 0.2) is 0 Å². The van der Waals surface area contributed by atoms with Gasteiger partial charge in [0.25, 0.3) is 5.91 Å². The first-order valence-corrected chi connectivity index (χ1v) is 16.0. The number of alkyl halides is 3. The molecular formula is C40H33F3N2O8. The summed E-state index contributed by atoms with van der Waals surface area (Å²) in [7, 11) is 2.82. The standard InChI is InChI=1S/C40H33F3N2O8/c1-51-33-5-3-4-29(20-33)26-8-10-28(11-9-26)39(50)53-32-17-6-25(7-18-32)23-45(24-37(47)48)38(49)27-12-15-31(16-13-27)44-36(46)21-30-14-19-34(52-2)22-35(30)40(41,42)43/h3-20,22H,21,23-24H2,1-2H3,(H,44,46)(H,47,48). The second kappa shape index (κ2) is 16.6. The van der Waals surface area contributed by atoms with Gasteiger partial charge in [0.05, 0.1) is 31.8 Å². The molecule has 0 atom stereocenters. The van der Waals surface area contributed by atoms with Crippen LogP contribution in [0.1, 0.15) is 37.4 Å². The highest BCUT2D eigenvalue weighted by Crippen LogP contribution is 2.35. The molecule has 272 valence electrons. The summed E-state index contributed by atoms with van der Waals surface area (Å²) < 4.78 is 56.3. The minimum atomic E-state index is -4.70. The quantitative estimate of drug-likeness (QED) is 0.0942. The van der Waals surface area contributed by atoms with Gasteiger partial charge in [0, 0.05) is 17.8 Å². The van der Waals surface area contributed by atoms with Crippen molar-refractivity contribution in [2.45, 2.75) is 19.1 Å². The molecule has 0 aliphatic rings. The molecule has 13 heteroatoms. The van der Waals surface area contributed by atoms with Crippen molar-refractivity contribution in [1.29, 1.82) is 0 Å². The minimum Gasteiger partial charge on any atom is -0.497 e. The zero-order valence-electron chi connectivity index (χ0n) is 28.5. The van der Waals surface area contributed by atoms with Crippen LogP contribution in [0.25, 0.3) is 11.1 Å². The van der Waals surface area contributed by atoms with Crippen LogP contribution in [0, 0.1) is 0 Å². The van der Waals surface area contributed by atoms with E-state index in [1.807, 2.05) is 24.3 Å². The number of nitrogens with one attached hydrogen (secondary N) is 1. The fourth-order valence-electron chi connectivity index (χ4n) is 5.37. The number of nitrogens with zero attached hydrogens (tertiary/aromatic N) is 1. The van der Waals surface area contributed by atoms with Crippen molar-refractivity contribution in [3.05, 3.63) is 143 Å². The summed E-state index contributed by atoms with van der Waals surface area (Å²) in [5.74, 6) is -2.21. The summed E-state index contributed by atoms with van der Waals surface area (Å²) in [6.07, 6.45) is -5.27. The number of carbonyl (C=O) groups excluding carboxylic acids is 3. The summed E-state index contributed by atoms with van der Waals surface area (Å²) >= 11 is 0. The number of carbonyl (C=O) groups is 4. The largest absolute Gasteiger partial charge is 0.497 e. The number of esters is 1. The average molecular weight is 727 g/mol. The molecule has 5 aromatic rings. The van der Waals surface area contributed by atoms with Crippen LogP contribution < -0.4 is 19.5 Å². The van der Waals surface area contributed by atoms with E-state index in [-0.39, 0.29) is 34.9 Å². The summed E-state index contributed by atoms with van der Waals surface area (Å²) in [5, 5.41) is 12.0. The maximum atomic E-state index is 13.6. The lowest BCUT2D eigenvalue weighted by Crippen LogP contribution is -2.35. The lowest BCUT2D eigenvalue weighted by Gasteiger charge is -2.21. The molecule has 0 heterocycles. The number of hydrogen-bond acceptors (Lipinski definition) is 7. The Morgan fingerprint density at radius 1 is 0.717 bits per heavy atom. The fourth-order valence-corrected chi connectivity index (χ4v) is 5.37. The minimum absolute atomic E-state index is 0.000639. The third-order valence-electron chi connectivity index (χ3n) is 8.03. The number of ether oxygens (including phenoxy) is 3. The highest BCUT2D eigenvalue weighted by atomic mass is 19.4. The molecule has 0 bridgehead atoms. The van der Waals surface area contributed by atoms with E-state index < -0.39 is 48.5 Å². The number of rotatable bonds is 13. The number of anilines is 1. The van der Waals surface area contributed by atoms with Gasteiger partial charge in [-0.25, -0.2) is 4.79 Å². The number of carboxylic acid groups (broad SMARTS) is 1. The van der Waals surface area contributed by atoms with Crippen molar-refractivity contribution in [2.75, 3.05) is 26.1 Å². The van der Waals surface area contributed by atoms with Gasteiger partial charge < -0.3 is 29.5 Å². The van der Waals surface area contributed by atoms with Gasteiger partial charge in [0.2, 0.25) is 5.91 Å². The first-order valence-electron chi connectivity index (χ1n) is 16.0. The Bertz CT molecular complexity index is 2100. The van der Waals surface area contributed by atoms with Crippen LogP contribution in [-0.2, 0) is 28.7 Å². The third kappa shape index (κ3) is 10.0. The zero-order chi connectivity index (χ0) is 38.1. The monoisotopic (exact) mass is 726 g/mol. The SMILES string of the molecule is COc1cccc(-c2ccc(C(=O)Oc3ccc(CN(CC(=O)O)C(=O)c4ccc(NC(=O)Cc5ccc(OC)cc5C(F)(F)F)cc4)cc3)cc2)c1. The van der Waals surface area contributed by atoms with Gasteiger partial charge in [-0.15, -0.1) is 0 Å². The van der Waals surface area contributed by atoms with Crippen LogP contribution >= 0.6 is 0 Å². The topological polar surface area (TPSA) is 131 Å². The molecule has 0 saturated heterocycles. The number of halogens is 3. The Morgan fingerprint density at radius 2 is 1.34 bits per heavy atom. The molecule has 5 aromatic carbocycles. The molecule has 0 aromatic heterocycles. The molecule has 5 rings (SSSR count). The average Bonchev–Trinajstić information content (AvgIpc) is 3.15. The third-order valence-corrected chi connectivity index (χ3v) is 8.03. The second-order valence-corrected chi connectivity index (χ2v) is 11.7. The lowest BCUT2D eigenvalue weighted by atomic mass is 10.0. The van der Waals surface area contributed by atoms with Crippen LogP contribution in [0.3, 0.4) is 0 Å². The Hall–Kier alpha value is -6.63. The molecule has 0 radical (unpaired) electrons. The molecule has 10 nitrogen and oxygen atoms in total. The van der Waals surface area contributed by atoms with Gasteiger partial charge in [0.1, 0.15) is 23.8 Å². The molecule has 0 saturated carbocycles. The predicted octanol–water partition coefficient (Wildman–Crippen LogP) is 7.52. The first kappa shape index (κ1) is 37.6.